The highest BCUT2D eigenvalue weighted by molar-refractivity contribution is 5.66. The van der Waals surface area contributed by atoms with E-state index in [1.165, 1.54) is 13.8 Å². The highest BCUT2D eigenvalue weighted by atomic mass is 16.6. The van der Waals surface area contributed by atoms with Gasteiger partial charge in [-0.1, -0.05) is 0 Å². The van der Waals surface area contributed by atoms with Gasteiger partial charge in [-0.15, -0.1) is 0 Å². The van der Waals surface area contributed by atoms with Crippen LogP contribution >= 0.6 is 0 Å². The average Bonchev–Trinajstić information content (AvgIpc) is 2.23. The Balaban J connectivity index is 2.64. The zero-order valence-electron chi connectivity index (χ0n) is 9.66. The number of hydrogen-bond acceptors (Lipinski definition) is 7. The number of carbonyl (C=O) groups excluding carboxylic acids is 2. The molecule has 0 spiro atoms. The Bertz CT molecular complexity index is 290. The summed E-state index contributed by atoms with van der Waals surface area (Å²) in [4.78, 5) is 21.5. The monoisotopic (exact) mass is 248 g/mol. The van der Waals surface area contributed by atoms with Crippen LogP contribution in [0.25, 0.3) is 0 Å². The van der Waals surface area contributed by atoms with Crippen LogP contribution in [-0.4, -0.2) is 59.8 Å². The lowest BCUT2D eigenvalue weighted by Crippen LogP contribution is -2.56. The lowest BCUT2D eigenvalue weighted by atomic mass is 10.0. The maximum Gasteiger partial charge on any atom is 0.303 e. The normalized spacial score (nSPS) is 32.9. The standard InChI is InChI=1S/C10H16O7/c1-5(11)15-4-8-10(17-6(2)12)9(14)7(13)3-16-8/h7-10,13-14H,3-4H2,1-2H3/t7-,8-,9-,10-/m1/s1. The zero-order chi connectivity index (χ0) is 13.0. The molecule has 0 amide bonds. The van der Waals surface area contributed by atoms with Gasteiger partial charge in [0.1, 0.15) is 24.9 Å². The third kappa shape index (κ3) is 3.95. The number of aliphatic hydroxyl groups is 2. The molecule has 1 fully saturated rings. The predicted molar refractivity (Wildman–Crippen MR) is 53.9 cm³/mol. The summed E-state index contributed by atoms with van der Waals surface area (Å²) >= 11 is 0. The van der Waals surface area contributed by atoms with E-state index in [-0.39, 0.29) is 13.2 Å². The van der Waals surface area contributed by atoms with Crippen molar-refractivity contribution in [3.8, 4) is 0 Å². The molecule has 17 heavy (non-hydrogen) atoms. The number of esters is 2. The first kappa shape index (κ1) is 13.9. The summed E-state index contributed by atoms with van der Waals surface area (Å²) < 4.78 is 14.7. The van der Waals surface area contributed by atoms with E-state index in [1.807, 2.05) is 0 Å². The van der Waals surface area contributed by atoms with Crippen LogP contribution in [-0.2, 0) is 23.8 Å². The van der Waals surface area contributed by atoms with Crippen LogP contribution < -0.4 is 0 Å². The molecule has 1 rings (SSSR count). The van der Waals surface area contributed by atoms with Crippen molar-refractivity contribution in [1.82, 2.24) is 0 Å². The van der Waals surface area contributed by atoms with E-state index < -0.39 is 36.4 Å². The number of hydrogen-bond donors (Lipinski definition) is 2. The Kier molecular flexibility index (Phi) is 4.86. The van der Waals surface area contributed by atoms with Crippen molar-refractivity contribution in [1.29, 1.82) is 0 Å². The van der Waals surface area contributed by atoms with Crippen molar-refractivity contribution in [3.63, 3.8) is 0 Å². The molecule has 0 radical (unpaired) electrons. The summed E-state index contributed by atoms with van der Waals surface area (Å²) in [6.07, 6.45) is -4.21. The fourth-order valence-corrected chi connectivity index (χ4v) is 1.53. The Labute approximate surface area is 98.3 Å². The molecule has 98 valence electrons. The van der Waals surface area contributed by atoms with E-state index in [4.69, 9.17) is 14.2 Å². The summed E-state index contributed by atoms with van der Waals surface area (Å²) in [6.45, 7) is 2.16. The van der Waals surface area contributed by atoms with Gasteiger partial charge < -0.3 is 24.4 Å². The van der Waals surface area contributed by atoms with Gasteiger partial charge in [0.25, 0.3) is 0 Å². The van der Waals surface area contributed by atoms with Crippen LogP contribution in [0.4, 0.5) is 0 Å². The Morgan fingerprint density at radius 3 is 2.47 bits per heavy atom. The zero-order valence-corrected chi connectivity index (χ0v) is 9.66. The smallest absolute Gasteiger partial charge is 0.303 e. The molecule has 0 aromatic heterocycles. The van der Waals surface area contributed by atoms with E-state index in [1.54, 1.807) is 0 Å². The SMILES string of the molecule is CC(=O)OC[C@H]1OC[C@@H](O)[C@@H](O)[C@@H]1OC(C)=O. The van der Waals surface area contributed by atoms with Crippen molar-refractivity contribution >= 4 is 11.9 Å². The molecule has 0 aromatic rings. The molecule has 0 unspecified atom stereocenters. The molecule has 7 heteroatoms. The molecule has 1 heterocycles. The Morgan fingerprint density at radius 2 is 1.94 bits per heavy atom. The van der Waals surface area contributed by atoms with E-state index in [9.17, 15) is 19.8 Å². The van der Waals surface area contributed by atoms with Gasteiger partial charge in [0.15, 0.2) is 6.10 Å². The Morgan fingerprint density at radius 1 is 1.29 bits per heavy atom. The quantitative estimate of drug-likeness (QED) is 0.592. The summed E-state index contributed by atoms with van der Waals surface area (Å²) in [7, 11) is 0. The van der Waals surface area contributed by atoms with Crippen molar-refractivity contribution in [2.75, 3.05) is 13.2 Å². The fourth-order valence-electron chi connectivity index (χ4n) is 1.53. The minimum atomic E-state index is -1.26. The van der Waals surface area contributed by atoms with Crippen LogP contribution in [0.2, 0.25) is 0 Å². The van der Waals surface area contributed by atoms with E-state index in [2.05, 4.69) is 0 Å². The molecular weight excluding hydrogens is 232 g/mol. The number of ether oxygens (including phenoxy) is 3. The summed E-state index contributed by atoms with van der Waals surface area (Å²) in [5.74, 6) is -1.12. The highest BCUT2D eigenvalue weighted by Gasteiger charge is 2.41. The molecule has 0 aliphatic carbocycles. The largest absolute Gasteiger partial charge is 0.463 e. The van der Waals surface area contributed by atoms with E-state index in [0.29, 0.717) is 0 Å². The van der Waals surface area contributed by atoms with Crippen molar-refractivity contribution in [2.24, 2.45) is 0 Å². The molecule has 0 aromatic carbocycles. The van der Waals surface area contributed by atoms with Gasteiger partial charge in [-0.25, -0.2) is 0 Å². The molecule has 7 nitrogen and oxygen atoms in total. The highest BCUT2D eigenvalue weighted by Crippen LogP contribution is 2.19. The number of aliphatic hydroxyl groups excluding tert-OH is 2. The van der Waals surface area contributed by atoms with Crippen LogP contribution in [0.15, 0.2) is 0 Å². The van der Waals surface area contributed by atoms with Crippen LogP contribution in [0.1, 0.15) is 13.8 Å². The second-order valence-electron chi connectivity index (χ2n) is 3.81. The molecule has 1 saturated heterocycles. The van der Waals surface area contributed by atoms with Gasteiger partial charge in [0.05, 0.1) is 6.61 Å². The summed E-state index contributed by atoms with van der Waals surface area (Å²) in [6, 6.07) is 0. The van der Waals surface area contributed by atoms with E-state index >= 15 is 0 Å². The van der Waals surface area contributed by atoms with Crippen LogP contribution in [0.3, 0.4) is 0 Å². The van der Waals surface area contributed by atoms with Gasteiger partial charge in [-0.3, -0.25) is 9.59 Å². The first-order chi connectivity index (χ1) is 7.91. The number of carbonyl (C=O) groups is 2. The third-order valence-corrected chi connectivity index (χ3v) is 2.33. The first-order valence-electron chi connectivity index (χ1n) is 5.20. The third-order valence-electron chi connectivity index (χ3n) is 2.33. The van der Waals surface area contributed by atoms with Crippen LogP contribution in [0.5, 0.6) is 0 Å². The maximum atomic E-state index is 10.9. The minimum Gasteiger partial charge on any atom is -0.463 e. The van der Waals surface area contributed by atoms with E-state index in [0.717, 1.165) is 0 Å². The second kappa shape index (κ2) is 5.95. The van der Waals surface area contributed by atoms with Crippen molar-refractivity contribution in [2.45, 2.75) is 38.3 Å². The van der Waals surface area contributed by atoms with Gasteiger partial charge in [0.2, 0.25) is 0 Å². The average molecular weight is 248 g/mol. The Hall–Kier alpha value is -1.18. The lowest BCUT2D eigenvalue weighted by Gasteiger charge is -2.37. The van der Waals surface area contributed by atoms with Crippen molar-refractivity contribution < 1.29 is 34.0 Å². The lowest BCUT2D eigenvalue weighted by molar-refractivity contribution is -0.215. The molecular formula is C10H16O7. The maximum absolute atomic E-state index is 10.9. The fraction of sp³-hybridized carbons (Fsp3) is 0.800. The van der Waals surface area contributed by atoms with Gasteiger partial charge in [-0.05, 0) is 0 Å². The summed E-state index contributed by atoms with van der Waals surface area (Å²) in [5.41, 5.74) is 0. The first-order valence-corrected chi connectivity index (χ1v) is 5.20. The summed E-state index contributed by atoms with van der Waals surface area (Å²) in [5, 5.41) is 19.1. The molecule has 1 aliphatic rings. The minimum absolute atomic E-state index is 0.106. The van der Waals surface area contributed by atoms with Crippen LogP contribution in [0, 0.1) is 0 Å². The van der Waals surface area contributed by atoms with Gasteiger partial charge in [-0.2, -0.15) is 0 Å². The van der Waals surface area contributed by atoms with Gasteiger partial charge in [0, 0.05) is 13.8 Å². The predicted octanol–water partition coefficient (Wildman–Crippen LogP) is -1.40. The molecule has 1 aliphatic heterocycles. The molecule has 2 N–H and O–H groups in total. The number of rotatable bonds is 3. The molecule has 0 saturated carbocycles. The van der Waals surface area contributed by atoms with Gasteiger partial charge >= 0.3 is 11.9 Å². The van der Waals surface area contributed by atoms with Crippen molar-refractivity contribution in [3.05, 3.63) is 0 Å². The molecule has 0 bridgehead atoms. The second-order valence-corrected chi connectivity index (χ2v) is 3.81. The topological polar surface area (TPSA) is 102 Å². The molecule has 4 atom stereocenters.